The molecule has 0 aliphatic heterocycles. The van der Waals surface area contributed by atoms with Crippen LogP contribution < -0.4 is 11.2 Å². The fourth-order valence-electron chi connectivity index (χ4n) is 1.29. The Balaban J connectivity index is 2.60. The molecule has 0 spiro atoms. The molecule has 0 amide bonds. The Kier molecular flexibility index (Phi) is 2.43. The Labute approximate surface area is 90.4 Å². The topological polar surface area (TPSA) is 85.6 Å². The van der Waals surface area contributed by atoms with Gasteiger partial charge in [0.15, 0.2) is 0 Å². The summed E-state index contributed by atoms with van der Waals surface area (Å²) in [5.74, 6) is 0. The third-order valence-electron chi connectivity index (χ3n) is 2.24. The Morgan fingerprint density at radius 1 is 1.38 bits per heavy atom. The smallest absolute Gasteiger partial charge is 0.301 e. The van der Waals surface area contributed by atoms with E-state index < -0.39 is 11.2 Å². The molecule has 0 atom stereocenters. The predicted octanol–water partition coefficient (Wildman–Crippen LogP) is -0.783. The molecule has 0 saturated heterocycles. The summed E-state index contributed by atoms with van der Waals surface area (Å²) in [5.41, 5.74) is 0.128. The van der Waals surface area contributed by atoms with E-state index in [2.05, 4.69) is 15.3 Å². The first-order chi connectivity index (χ1) is 7.61. The second kappa shape index (κ2) is 3.76. The first kappa shape index (κ1) is 10.3. The second-order valence-corrected chi connectivity index (χ2v) is 3.39. The number of aromatic amines is 1. The van der Waals surface area contributed by atoms with Crippen LogP contribution in [0.1, 0.15) is 12.6 Å². The Morgan fingerprint density at radius 3 is 2.75 bits per heavy atom. The molecule has 0 radical (unpaired) electrons. The van der Waals surface area contributed by atoms with E-state index in [9.17, 15) is 9.59 Å². The maximum Gasteiger partial charge on any atom is 0.328 e. The average Bonchev–Trinajstić information content (AvgIpc) is 2.71. The van der Waals surface area contributed by atoms with Crippen molar-refractivity contribution in [2.75, 3.05) is 0 Å². The number of H-pyrrole nitrogens is 1. The van der Waals surface area contributed by atoms with Crippen LogP contribution >= 0.6 is 0 Å². The molecule has 0 aliphatic rings. The molecule has 0 bridgehead atoms. The third-order valence-corrected chi connectivity index (χ3v) is 2.24. The van der Waals surface area contributed by atoms with E-state index in [1.54, 1.807) is 13.2 Å². The highest BCUT2D eigenvalue weighted by Crippen LogP contribution is 1.99. The summed E-state index contributed by atoms with van der Waals surface area (Å²) in [6, 6.07) is 0. The number of nitrogens with one attached hydrogen (secondary N) is 1. The fraction of sp³-hybridized carbons (Fsp3) is 0.333. The Morgan fingerprint density at radius 2 is 2.12 bits per heavy atom. The van der Waals surface area contributed by atoms with E-state index in [0.717, 1.165) is 12.1 Å². The van der Waals surface area contributed by atoms with E-state index in [0.29, 0.717) is 0 Å². The van der Waals surface area contributed by atoms with Crippen LogP contribution in [-0.2, 0) is 13.5 Å². The minimum absolute atomic E-state index is 0.273. The van der Waals surface area contributed by atoms with Gasteiger partial charge in [-0.25, -0.2) is 9.48 Å². The number of aromatic nitrogens is 5. The van der Waals surface area contributed by atoms with Gasteiger partial charge in [0.1, 0.15) is 5.69 Å². The lowest BCUT2D eigenvalue weighted by Crippen LogP contribution is -2.30. The molecular formula is C9H11N5O2. The molecule has 1 N–H and O–H groups in total. The van der Waals surface area contributed by atoms with Crippen LogP contribution in [0.15, 0.2) is 22.0 Å². The molecule has 0 aromatic carbocycles. The lowest BCUT2D eigenvalue weighted by molar-refractivity contribution is 0.737. The van der Waals surface area contributed by atoms with E-state index >= 15 is 0 Å². The van der Waals surface area contributed by atoms with Crippen molar-refractivity contribution < 1.29 is 0 Å². The minimum Gasteiger partial charge on any atom is -0.301 e. The maximum absolute atomic E-state index is 11.5. The van der Waals surface area contributed by atoms with Crippen LogP contribution in [0.25, 0.3) is 5.69 Å². The molecule has 2 heterocycles. The summed E-state index contributed by atoms with van der Waals surface area (Å²) >= 11 is 0. The first-order valence-corrected chi connectivity index (χ1v) is 4.83. The zero-order valence-electron chi connectivity index (χ0n) is 8.97. The van der Waals surface area contributed by atoms with Crippen molar-refractivity contribution in [3.05, 3.63) is 38.9 Å². The average molecular weight is 221 g/mol. The second-order valence-electron chi connectivity index (χ2n) is 3.39. The van der Waals surface area contributed by atoms with Gasteiger partial charge in [-0.15, -0.1) is 5.10 Å². The highest BCUT2D eigenvalue weighted by Gasteiger charge is 2.07. The normalized spacial score (nSPS) is 10.6. The van der Waals surface area contributed by atoms with Crippen molar-refractivity contribution in [3.8, 4) is 5.69 Å². The summed E-state index contributed by atoms with van der Waals surface area (Å²) in [4.78, 5) is 24.9. The van der Waals surface area contributed by atoms with Gasteiger partial charge in [0.25, 0.3) is 5.56 Å². The summed E-state index contributed by atoms with van der Waals surface area (Å²) in [6.45, 7) is 1.94. The van der Waals surface area contributed by atoms with Gasteiger partial charge in [0, 0.05) is 13.2 Å². The van der Waals surface area contributed by atoms with Gasteiger partial charge < -0.3 is 4.57 Å². The first-order valence-electron chi connectivity index (χ1n) is 4.83. The zero-order chi connectivity index (χ0) is 11.7. The molecule has 7 nitrogen and oxygen atoms in total. The van der Waals surface area contributed by atoms with Gasteiger partial charge in [0.05, 0.1) is 11.9 Å². The molecule has 0 saturated carbocycles. The van der Waals surface area contributed by atoms with Gasteiger partial charge in [0.2, 0.25) is 0 Å². The maximum atomic E-state index is 11.5. The highest BCUT2D eigenvalue weighted by atomic mass is 16.2. The monoisotopic (exact) mass is 221 g/mol. The molecule has 84 valence electrons. The largest absolute Gasteiger partial charge is 0.328 e. The highest BCUT2D eigenvalue weighted by molar-refractivity contribution is 5.23. The van der Waals surface area contributed by atoms with Crippen molar-refractivity contribution in [1.29, 1.82) is 0 Å². The van der Waals surface area contributed by atoms with Crippen molar-refractivity contribution in [2.45, 2.75) is 13.3 Å². The van der Waals surface area contributed by atoms with Crippen LogP contribution in [0.2, 0.25) is 0 Å². The van der Waals surface area contributed by atoms with Crippen molar-refractivity contribution in [3.63, 3.8) is 0 Å². The van der Waals surface area contributed by atoms with Gasteiger partial charge >= 0.3 is 5.69 Å². The molecule has 0 unspecified atom stereocenters. The van der Waals surface area contributed by atoms with Crippen molar-refractivity contribution in [2.24, 2.45) is 7.05 Å². The number of aryl methyl sites for hydroxylation is 2. The number of rotatable bonds is 2. The standard InChI is InChI=1S/C9H11N5O2/c1-3-6-4-14(12-11-6)7-5-13(2)9(16)10-8(7)15/h4-5H,3H2,1-2H3,(H,10,15,16). The number of hydrogen-bond donors (Lipinski definition) is 1. The van der Waals surface area contributed by atoms with Crippen molar-refractivity contribution >= 4 is 0 Å². The van der Waals surface area contributed by atoms with E-state index in [4.69, 9.17) is 0 Å². The van der Waals surface area contributed by atoms with Crippen LogP contribution in [0.5, 0.6) is 0 Å². The SMILES string of the molecule is CCc1cn(-c2cn(C)c(=O)[nH]c2=O)nn1. The Bertz CT molecular complexity index is 621. The lowest BCUT2D eigenvalue weighted by atomic mass is 10.4. The van der Waals surface area contributed by atoms with Crippen LogP contribution in [0.3, 0.4) is 0 Å². The molecule has 2 aromatic heterocycles. The van der Waals surface area contributed by atoms with Gasteiger partial charge in [-0.05, 0) is 6.42 Å². The van der Waals surface area contributed by atoms with E-state index in [1.165, 1.54) is 15.4 Å². The van der Waals surface area contributed by atoms with Crippen LogP contribution in [-0.4, -0.2) is 24.5 Å². The van der Waals surface area contributed by atoms with Crippen molar-refractivity contribution in [1.82, 2.24) is 24.5 Å². The predicted molar refractivity (Wildman–Crippen MR) is 56.6 cm³/mol. The summed E-state index contributed by atoms with van der Waals surface area (Å²) in [7, 11) is 1.55. The summed E-state index contributed by atoms with van der Waals surface area (Å²) < 4.78 is 2.64. The molecule has 0 fully saturated rings. The minimum atomic E-state index is -0.476. The molecule has 0 aliphatic carbocycles. The summed E-state index contributed by atoms with van der Waals surface area (Å²) in [5, 5.41) is 7.70. The molecular weight excluding hydrogens is 210 g/mol. The summed E-state index contributed by atoms with van der Waals surface area (Å²) in [6.07, 6.45) is 3.83. The Hall–Kier alpha value is -2.18. The van der Waals surface area contributed by atoms with Gasteiger partial charge in [-0.3, -0.25) is 9.78 Å². The molecule has 7 heteroatoms. The molecule has 2 rings (SSSR count). The third kappa shape index (κ3) is 1.67. The molecule has 16 heavy (non-hydrogen) atoms. The molecule has 2 aromatic rings. The van der Waals surface area contributed by atoms with Crippen LogP contribution in [0, 0.1) is 0 Å². The van der Waals surface area contributed by atoms with E-state index in [-0.39, 0.29) is 5.69 Å². The van der Waals surface area contributed by atoms with Crippen LogP contribution in [0.4, 0.5) is 0 Å². The number of hydrogen-bond acceptors (Lipinski definition) is 4. The van der Waals surface area contributed by atoms with Gasteiger partial charge in [-0.2, -0.15) is 0 Å². The fourth-order valence-corrected chi connectivity index (χ4v) is 1.29. The van der Waals surface area contributed by atoms with E-state index in [1.807, 2.05) is 6.92 Å². The lowest BCUT2D eigenvalue weighted by Gasteiger charge is -2.00. The van der Waals surface area contributed by atoms with Gasteiger partial charge in [-0.1, -0.05) is 12.1 Å². The number of nitrogens with zero attached hydrogens (tertiary/aromatic N) is 4. The quantitative estimate of drug-likeness (QED) is 0.720. The zero-order valence-corrected chi connectivity index (χ0v) is 8.97.